The molecule has 0 aliphatic rings. The van der Waals surface area contributed by atoms with Crippen LogP contribution in [0.25, 0.3) is 0 Å². The summed E-state index contributed by atoms with van der Waals surface area (Å²) < 4.78 is 32.6. The van der Waals surface area contributed by atoms with Gasteiger partial charge in [-0.3, -0.25) is 0 Å². The summed E-state index contributed by atoms with van der Waals surface area (Å²) in [6.45, 7) is 4.53. The minimum absolute atomic E-state index is 0.156. The number of rotatable bonds is 6. The summed E-state index contributed by atoms with van der Waals surface area (Å²) in [7, 11) is -2.07. The molecule has 0 fully saturated rings. The van der Waals surface area contributed by atoms with Crippen molar-refractivity contribution in [2.45, 2.75) is 25.2 Å². The molecule has 6 heteroatoms. The Morgan fingerprint density at radius 2 is 2.06 bits per heavy atom. The Balaban J connectivity index is 2.93. The van der Waals surface area contributed by atoms with Crippen LogP contribution in [0.4, 0.5) is 0 Å². The van der Waals surface area contributed by atoms with Crippen LogP contribution in [0.1, 0.15) is 20.3 Å². The lowest BCUT2D eigenvalue weighted by Crippen LogP contribution is -2.26. The predicted octanol–water partition coefficient (Wildman–Crippen LogP) is 2.78. The number of hydrogen-bond acceptors (Lipinski definition) is 3. The van der Waals surface area contributed by atoms with Gasteiger partial charge >= 0.3 is 0 Å². The molecule has 0 saturated carbocycles. The highest BCUT2D eigenvalue weighted by Gasteiger charge is 2.19. The van der Waals surface area contributed by atoms with Crippen LogP contribution >= 0.6 is 15.9 Å². The van der Waals surface area contributed by atoms with E-state index >= 15 is 0 Å². The van der Waals surface area contributed by atoms with E-state index in [0.717, 1.165) is 6.42 Å². The zero-order valence-electron chi connectivity index (χ0n) is 10.7. The molecule has 0 bridgehead atoms. The first-order valence-electron chi connectivity index (χ1n) is 5.70. The van der Waals surface area contributed by atoms with E-state index in [4.69, 9.17) is 4.74 Å². The summed E-state index contributed by atoms with van der Waals surface area (Å²) >= 11 is 3.26. The van der Waals surface area contributed by atoms with Crippen molar-refractivity contribution in [2.24, 2.45) is 5.92 Å². The molecule has 18 heavy (non-hydrogen) atoms. The molecule has 1 aromatic rings. The highest BCUT2D eigenvalue weighted by atomic mass is 79.9. The molecule has 0 spiro atoms. The molecule has 0 amide bonds. The number of halogens is 1. The lowest BCUT2D eigenvalue weighted by atomic mass is 10.1. The first kappa shape index (κ1) is 15.5. The van der Waals surface area contributed by atoms with Gasteiger partial charge in [-0.15, -0.1) is 0 Å². The van der Waals surface area contributed by atoms with Gasteiger partial charge in [-0.05, 0) is 30.5 Å². The number of benzene rings is 1. The smallest absolute Gasteiger partial charge is 0.244 e. The van der Waals surface area contributed by atoms with Crippen LogP contribution in [0.3, 0.4) is 0 Å². The van der Waals surface area contributed by atoms with E-state index in [2.05, 4.69) is 20.7 Å². The fraction of sp³-hybridized carbons (Fsp3) is 0.500. The first-order chi connectivity index (χ1) is 8.36. The maximum absolute atomic E-state index is 12.1. The van der Waals surface area contributed by atoms with E-state index in [0.29, 0.717) is 22.7 Å². The fourth-order valence-corrected chi connectivity index (χ4v) is 3.17. The summed E-state index contributed by atoms with van der Waals surface area (Å²) in [5.74, 6) is 0.798. The van der Waals surface area contributed by atoms with Gasteiger partial charge in [0.1, 0.15) is 10.6 Å². The molecule has 0 saturated heterocycles. The highest BCUT2D eigenvalue weighted by molar-refractivity contribution is 9.10. The van der Waals surface area contributed by atoms with E-state index in [1.54, 1.807) is 12.1 Å². The Hall–Kier alpha value is -0.590. The normalized spacial score (nSPS) is 11.8. The van der Waals surface area contributed by atoms with Crippen molar-refractivity contribution in [1.82, 2.24) is 4.72 Å². The SMILES string of the molecule is COc1ccc(Br)cc1S(=O)(=O)NCCC(C)C. The average Bonchev–Trinajstić information content (AvgIpc) is 2.28. The van der Waals surface area contributed by atoms with E-state index in [9.17, 15) is 8.42 Å². The molecule has 0 radical (unpaired) electrons. The third-order valence-electron chi connectivity index (χ3n) is 2.43. The van der Waals surface area contributed by atoms with Gasteiger partial charge in [0.15, 0.2) is 0 Å². The average molecular weight is 336 g/mol. The Bertz CT molecular complexity index is 500. The van der Waals surface area contributed by atoms with E-state index in [-0.39, 0.29) is 4.90 Å². The lowest BCUT2D eigenvalue weighted by molar-refractivity contribution is 0.402. The van der Waals surface area contributed by atoms with Gasteiger partial charge in [0.25, 0.3) is 0 Å². The molecule has 1 aromatic carbocycles. The minimum atomic E-state index is -3.53. The van der Waals surface area contributed by atoms with Crippen LogP contribution in [-0.4, -0.2) is 22.1 Å². The summed E-state index contributed by atoms with van der Waals surface area (Å²) in [6, 6.07) is 4.91. The van der Waals surface area contributed by atoms with Crippen molar-refractivity contribution in [2.75, 3.05) is 13.7 Å². The first-order valence-corrected chi connectivity index (χ1v) is 7.97. The van der Waals surface area contributed by atoms with Gasteiger partial charge in [0.05, 0.1) is 7.11 Å². The van der Waals surface area contributed by atoms with Crippen molar-refractivity contribution in [3.05, 3.63) is 22.7 Å². The Morgan fingerprint density at radius 1 is 1.39 bits per heavy atom. The molecule has 1 rings (SSSR count). The largest absolute Gasteiger partial charge is 0.495 e. The zero-order chi connectivity index (χ0) is 13.8. The van der Waals surface area contributed by atoms with Crippen LogP contribution in [-0.2, 0) is 10.0 Å². The summed E-state index contributed by atoms with van der Waals surface area (Å²) in [5, 5.41) is 0. The van der Waals surface area contributed by atoms with Gasteiger partial charge in [-0.2, -0.15) is 0 Å². The summed E-state index contributed by atoms with van der Waals surface area (Å²) in [4.78, 5) is 0.156. The second kappa shape index (κ2) is 6.54. The third kappa shape index (κ3) is 4.26. The fourth-order valence-electron chi connectivity index (χ4n) is 1.42. The van der Waals surface area contributed by atoms with Crippen molar-refractivity contribution >= 4 is 26.0 Å². The Labute approximate surface area is 117 Å². The topological polar surface area (TPSA) is 55.4 Å². The highest BCUT2D eigenvalue weighted by Crippen LogP contribution is 2.27. The number of hydrogen-bond donors (Lipinski definition) is 1. The van der Waals surface area contributed by atoms with E-state index < -0.39 is 10.0 Å². The number of sulfonamides is 1. The van der Waals surface area contributed by atoms with Crippen LogP contribution in [0.5, 0.6) is 5.75 Å². The minimum Gasteiger partial charge on any atom is -0.495 e. The molecule has 0 aliphatic carbocycles. The second-order valence-corrected chi connectivity index (χ2v) is 7.03. The van der Waals surface area contributed by atoms with Crippen molar-refractivity contribution in [3.63, 3.8) is 0 Å². The molecular weight excluding hydrogens is 318 g/mol. The molecule has 0 aliphatic heterocycles. The quantitative estimate of drug-likeness (QED) is 0.869. The van der Waals surface area contributed by atoms with Crippen LogP contribution in [0.15, 0.2) is 27.6 Å². The molecule has 0 atom stereocenters. The van der Waals surface area contributed by atoms with Gasteiger partial charge in [-0.25, -0.2) is 13.1 Å². The van der Waals surface area contributed by atoms with Crippen LogP contribution in [0, 0.1) is 5.92 Å². The van der Waals surface area contributed by atoms with Crippen LogP contribution in [0.2, 0.25) is 0 Å². The zero-order valence-corrected chi connectivity index (χ0v) is 13.1. The molecule has 0 aromatic heterocycles. The second-order valence-electron chi connectivity index (χ2n) is 4.38. The summed E-state index contributed by atoms with van der Waals surface area (Å²) in [5.41, 5.74) is 0. The molecule has 102 valence electrons. The summed E-state index contributed by atoms with van der Waals surface area (Å²) in [6.07, 6.45) is 0.801. The van der Waals surface area contributed by atoms with Crippen molar-refractivity contribution in [1.29, 1.82) is 0 Å². The van der Waals surface area contributed by atoms with E-state index in [1.165, 1.54) is 13.2 Å². The van der Waals surface area contributed by atoms with Gasteiger partial charge in [-0.1, -0.05) is 29.8 Å². The van der Waals surface area contributed by atoms with Gasteiger partial charge < -0.3 is 4.74 Å². The number of nitrogens with one attached hydrogen (secondary N) is 1. The van der Waals surface area contributed by atoms with Gasteiger partial charge in [0.2, 0.25) is 10.0 Å². The molecule has 4 nitrogen and oxygen atoms in total. The molecule has 0 unspecified atom stereocenters. The monoisotopic (exact) mass is 335 g/mol. The maximum Gasteiger partial charge on any atom is 0.244 e. The number of methoxy groups -OCH3 is 1. The Kier molecular flexibility index (Phi) is 5.62. The van der Waals surface area contributed by atoms with Gasteiger partial charge in [0, 0.05) is 11.0 Å². The molecule has 1 N–H and O–H groups in total. The predicted molar refractivity (Wildman–Crippen MR) is 75.3 cm³/mol. The van der Waals surface area contributed by atoms with Crippen molar-refractivity contribution in [3.8, 4) is 5.75 Å². The van der Waals surface area contributed by atoms with Crippen molar-refractivity contribution < 1.29 is 13.2 Å². The maximum atomic E-state index is 12.1. The number of ether oxygens (including phenoxy) is 1. The molecule has 0 heterocycles. The van der Waals surface area contributed by atoms with Crippen LogP contribution < -0.4 is 9.46 Å². The molecular formula is C12H18BrNO3S. The Morgan fingerprint density at radius 3 is 2.61 bits per heavy atom. The van der Waals surface area contributed by atoms with E-state index in [1.807, 2.05) is 13.8 Å². The lowest BCUT2D eigenvalue weighted by Gasteiger charge is -2.11. The third-order valence-corrected chi connectivity index (χ3v) is 4.40. The standard InChI is InChI=1S/C12H18BrNO3S/c1-9(2)6-7-14-18(15,16)12-8-10(13)4-5-11(12)17-3/h4-5,8-9,14H,6-7H2,1-3H3.